The van der Waals surface area contributed by atoms with E-state index in [9.17, 15) is 0 Å². The van der Waals surface area contributed by atoms with Crippen molar-refractivity contribution in [3.63, 3.8) is 0 Å². The second kappa shape index (κ2) is 4.77. The fraction of sp³-hybridized carbons (Fsp3) is 1.00. The van der Waals surface area contributed by atoms with Crippen LogP contribution in [0.2, 0.25) is 0 Å². The normalized spacial score (nSPS) is 36.8. The molecule has 0 radical (unpaired) electrons. The lowest BCUT2D eigenvalue weighted by atomic mass is 9.54. The van der Waals surface area contributed by atoms with Crippen molar-refractivity contribution >= 4 is 0 Å². The lowest BCUT2D eigenvalue weighted by Gasteiger charge is -2.60. The van der Waals surface area contributed by atoms with Gasteiger partial charge in [0, 0.05) is 29.6 Å². The number of hydrogen-bond acceptors (Lipinski definition) is 3. The van der Waals surface area contributed by atoms with Gasteiger partial charge in [0.1, 0.15) is 0 Å². The van der Waals surface area contributed by atoms with E-state index in [1.807, 2.05) is 0 Å². The van der Waals surface area contributed by atoms with E-state index in [0.717, 1.165) is 19.6 Å². The van der Waals surface area contributed by atoms with Gasteiger partial charge in [-0.25, -0.2) is 0 Å². The van der Waals surface area contributed by atoms with Crippen molar-refractivity contribution in [2.24, 2.45) is 11.1 Å². The van der Waals surface area contributed by atoms with Crippen molar-refractivity contribution in [1.29, 1.82) is 0 Å². The predicted octanol–water partition coefficient (Wildman–Crippen LogP) is 2.44. The van der Waals surface area contributed by atoms with Crippen LogP contribution in [0.15, 0.2) is 0 Å². The molecule has 2 fully saturated rings. The second-order valence-corrected chi connectivity index (χ2v) is 6.87. The van der Waals surface area contributed by atoms with E-state index in [1.54, 1.807) is 0 Å². The van der Waals surface area contributed by atoms with Crippen molar-refractivity contribution in [3.8, 4) is 0 Å². The molecule has 2 saturated carbocycles. The molecular formula is C15H30N2O. The topological polar surface area (TPSA) is 47.3 Å². The molecule has 0 aromatic rings. The van der Waals surface area contributed by atoms with Crippen molar-refractivity contribution in [1.82, 2.24) is 5.32 Å². The highest BCUT2D eigenvalue weighted by molar-refractivity contribution is 5.15. The van der Waals surface area contributed by atoms with Crippen molar-refractivity contribution < 1.29 is 4.74 Å². The molecular weight excluding hydrogens is 224 g/mol. The first-order chi connectivity index (χ1) is 8.39. The molecule has 3 N–H and O–H groups in total. The Morgan fingerprint density at radius 3 is 2.33 bits per heavy atom. The first kappa shape index (κ1) is 14.3. The molecule has 2 aliphatic carbocycles. The monoisotopic (exact) mass is 254 g/mol. The van der Waals surface area contributed by atoms with Gasteiger partial charge in [-0.3, -0.25) is 0 Å². The molecule has 2 aliphatic rings. The second-order valence-electron chi connectivity index (χ2n) is 6.87. The Labute approximate surface area is 112 Å². The number of ether oxygens (including phenoxy) is 1. The van der Waals surface area contributed by atoms with Crippen LogP contribution in [-0.4, -0.2) is 30.3 Å². The fourth-order valence-electron chi connectivity index (χ4n) is 3.41. The van der Waals surface area contributed by atoms with Gasteiger partial charge in [0.25, 0.3) is 0 Å². The fourth-order valence-corrected chi connectivity index (χ4v) is 3.41. The van der Waals surface area contributed by atoms with E-state index in [0.29, 0.717) is 11.6 Å². The molecule has 0 aromatic carbocycles. The van der Waals surface area contributed by atoms with Gasteiger partial charge >= 0.3 is 0 Å². The van der Waals surface area contributed by atoms with E-state index < -0.39 is 0 Å². The van der Waals surface area contributed by atoms with Gasteiger partial charge in [0.05, 0.1) is 6.10 Å². The highest BCUT2D eigenvalue weighted by Gasteiger charge is 2.58. The average Bonchev–Trinajstić information content (AvgIpc) is 2.28. The number of nitrogens with one attached hydrogen (secondary N) is 1. The van der Waals surface area contributed by atoms with Crippen LogP contribution in [0.1, 0.15) is 59.8 Å². The molecule has 3 heteroatoms. The molecule has 0 aliphatic heterocycles. The Kier molecular flexibility index (Phi) is 3.79. The first-order valence-electron chi connectivity index (χ1n) is 7.55. The Morgan fingerprint density at radius 2 is 1.94 bits per heavy atom. The zero-order valence-electron chi connectivity index (χ0n) is 12.5. The van der Waals surface area contributed by atoms with Gasteiger partial charge < -0.3 is 15.8 Å². The third-order valence-electron chi connectivity index (χ3n) is 5.77. The summed E-state index contributed by atoms with van der Waals surface area (Å²) in [5.74, 6) is 0. The molecule has 0 amide bonds. The van der Waals surface area contributed by atoms with Crippen LogP contribution < -0.4 is 11.1 Å². The van der Waals surface area contributed by atoms with Crippen molar-refractivity contribution in [3.05, 3.63) is 0 Å². The van der Waals surface area contributed by atoms with Crippen LogP contribution in [0, 0.1) is 5.41 Å². The smallest absolute Gasteiger partial charge is 0.0662 e. The minimum absolute atomic E-state index is 0.0781. The van der Waals surface area contributed by atoms with Crippen LogP contribution in [0.3, 0.4) is 0 Å². The highest BCUT2D eigenvalue weighted by Crippen LogP contribution is 2.50. The molecule has 2 rings (SSSR count). The number of hydrogen-bond donors (Lipinski definition) is 2. The summed E-state index contributed by atoms with van der Waals surface area (Å²) in [6.07, 6.45) is 6.53. The van der Waals surface area contributed by atoms with Gasteiger partial charge in [-0.1, -0.05) is 20.8 Å². The Morgan fingerprint density at radius 1 is 1.28 bits per heavy atom. The summed E-state index contributed by atoms with van der Waals surface area (Å²) in [5, 5.41) is 3.76. The number of rotatable bonds is 6. The zero-order chi connectivity index (χ0) is 13.4. The van der Waals surface area contributed by atoms with Gasteiger partial charge in [-0.15, -0.1) is 0 Å². The van der Waals surface area contributed by atoms with Gasteiger partial charge in [-0.2, -0.15) is 0 Å². The summed E-state index contributed by atoms with van der Waals surface area (Å²) in [4.78, 5) is 0. The molecule has 2 unspecified atom stereocenters. The standard InChI is InChI=1S/C15H30N2O/c1-5-14(8-7-9-14)17-11-15(16)10-12(18-6-2)13(15,3)4/h12,17H,5-11,16H2,1-4H3. The summed E-state index contributed by atoms with van der Waals surface area (Å²) in [6.45, 7) is 10.6. The summed E-state index contributed by atoms with van der Waals surface area (Å²) in [6, 6.07) is 0. The van der Waals surface area contributed by atoms with Crippen molar-refractivity contribution in [2.45, 2.75) is 77.0 Å². The first-order valence-corrected chi connectivity index (χ1v) is 7.55. The van der Waals surface area contributed by atoms with Crippen molar-refractivity contribution in [2.75, 3.05) is 13.2 Å². The van der Waals surface area contributed by atoms with E-state index in [1.165, 1.54) is 25.7 Å². The van der Waals surface area contributed by atoms with E-state index in [2.05, 4.69) is 33.0 Å². The molecule has 0 spiro atoms. The molecule has 106 valence electrons. The van der Waals surface area contributed by atoms with E-state index >= 15 is 0 Å². The largest absolute Gasteiger partial charge is 0.378 e. The molecule has 0 heterocycles. The summed E-state index contributed by atoms with van der Waals surface area (Å²) < 4.78 is 5.78. The zero-order valence-corrected chi connectivity index (χ0v) is 12.5. The van der Waals surface area contributed by atoms with Gasteiger partial charge in [-0.05, 0) is 39.0 Å². The minimum Gasteiger partial charge on any atom is -0.378 e. The summed E-state index contributed by atoms with van der Waals surface area (Å²) >= 11 is 0. The Hall–Kier alpha value is -0.120. The van der Waals surface area contributed by atoms with Crippen LogP contribution >= 0.6 is 0 Å². The van der Waals surface area contributed by atoms with E-state index in [4.69, 9.17) is 10.5 Å². The average molecular weight is 254 g/mol. The summed E-state index contributed by atoms with van der Waals surface area (Å²) in [5.41, 5.74) is 6.96. The van der Waals surface area contributed by atoms with Gasteiger partial charge in [0.2, 0.25) is 0 Å². The molecule has 3 nitrogen and oxygen atoms in total. The molecule has 0 aromatic heterocycles. The maximum atomic E-state index is 6.60. The highest BCUT2D eigenvalue weighted by atomic mass is 16.5. The quantitative estimate of drug-likeness (QED) is 0.765. The predicted molar refractivity (Wildman–Crippen MR) is 75.6 cm³/mol. The molecule has 2 atom stereocenters. The Balaban J connectivity index is 1.89. The SMILES string of the molecule is CCOC1CC(N)(CNC2(CC)CCC2)C1(C)C. The Bertz CT molecular complexity index is 293. The lowest BCUT2D eigenvalue weighted by molar-refractivity contribution is -0.150. The minimum atomic E-state index is -0.107. The summed E-state index contributed by atoms with van der Waals surface area (Å²) in [7, 11) is 0. The third kappa shape index (κ3) is 2.10. The molecule has 18 heavy (non-hydrogen) atoms. The molecule has 0 bridgehead atoms. The van der Waals surface area contributed by atoms with Crippen LogP contribution in [0.25, 0.3) is 0 Å². The lowest BCUT2D eigenvalue weighted by Crippen LogP contribution is -2.74. The van der Waals surface area contributed by atoms with Crippen LogP contribution in [0.5, 0.6) is 0 Å². The maximum absolute atomic E-state index is 6.60. The van der Waals surface area contributed by atoms with Crippen LogP contribution in [0.4, 0.5) is 0 Å². The molecule has 0 saturated heterocycles. The van der Waals surface area contributed by atoms with E-state index in [-0.39, 0.29) is 11.0 Å². The maximum Gasteiger partial charge on any atom is 0.0662 e. The number of nitrogens with two attached hydrogens (primary N) is 1. The third-order valence-corrected chi connectivity index (χ3v) is 5.77. The van der Waals surface area contributed by atoms with Gasteiger partial charge in [0.15, 0.2) is 0 Å². The van der Waals surface area contributed by atoms with Crippen LogP contribution in [-0.2, 0) is 4.74 Å².